The van der Waals surface area contributed by atoms with Gasteiger partial charge in [-0.1, -0.05) is 26.7 Å². The first kappa shape index (κ1) is 16.6. The van der Waals surface area contributed by atoms with E-state index in [0.29, 0.717) is 0 Å². The van der Waals surface area contributed by atoms with Crippen LogP contribution in [0.5, 0.6) is 0 Å². The Hall–Kier alpha value is -0.350. The molecule has 0 aromatic carbocycles. The molecule has 0 aromatic heterocycles. The van der Waals surface area contributed by atoms with Crippen molar-refractivity contribution in [1.29, 1.82) is 0 Å². The molecule has 4 heteroatoms. The van der Waals surface area contributed by atoms with Crippen molar-refractivity contribution in [2.75, 3.05) is 33.4 Å². The SMILES string of the molecule is CCC(CC)CN(CC)C(=S)NCCCOC. The average molecular weight is 260 g/mol. The molecule has 0 aliphatic carbocycles. The Bertz CT molecular complexity index is 196. The third kappa shape index (κ3) is 7.55. The fourth-order valence-corrected chi connectivity index (χ4v) is 2.04. The van der Waals surface area contributed by atoms with E-state index in [9.17, 15) is 0 Å². The standard InChI is InChI=1S/C13H28N2OS/c1-5-12(6-2)11-15(7-3)13(17)14-9-8-10-16-4/h12H,5-11H2,1-4H3,(H,14,17). The van der Waals surface area contributed by atoms with Crippen molar-refractivity contribution in [3.05, 3.63) is 0 Å². The minimum atomic E-state index is 0.744. The van der Waals surface area contributed by atoms with Crippen LogP contribution in [-0.4, -0.2) is 43.4 Å². The summed E-state index contributed by atoms with van der Waals surface area (Å²) in [5.74, 6) is 0.744. The molecule has 0 fully saturated rings. The van der Waals surface area contributed by atoms with E-state index in [-0.39, 0.29) is 0 Å². The molecule has 0 bridgehead atoms. The molecule has 17 heavy (non-hydrogen) atoms. The minimum Gasteiger partial charge on any atom is -0.385 e. The van der Waals surface area contributed by atoms with Gasteiger partial charge in [-0.05, 0) is 31.5 Å². The quantitative estimate of drug-likeness (QED) is 0.509. The van der Waals surface area contributed by atoms with Crippen LogP contribution in [0.1, 0.15) is 40.0 Å². The van der Waals surface area contributed by atoms with Gasteiger partial charge in [0, 0.05) is 33.4 Å². The van der Waals surface area contributed by atoms with Gasteiger partial charge in [0.1, 0.15) is 0 Å². The van der Waals surface area contributed by atoms with Crippen LogP contribution in [0, 0.1) is 5.92 Å². The van der Waals surface area contributed by atoms with Crippen LogP contribution in [0.2, 0.25) is 0 Å². The second-order valence-electron chi connectivity index (χ2n) is 4.30. The lowest BCUT2D eigenvalue weighted by Gasteiger charge is -2.28. The zero-order chi connectivity index (χ0) is 13.1. The van der Waals surface area contributed by atoms with Gasteiger partial charge in [0.05, 0.1) is 0 Å². The maximum absolute atomic E-state index is 5.41. The van der Waals surface area contributed by atoms with E-state index < -0.39 is 0 Å². The summed E-state index contributed by atoms with van der Waals surface area (Å²) in [7, 11) is 1.73. The van der Waals surface area contributed by atoms with E-state index in [2.05, 4.69) is 31.0 Å². The van der Waals surface area contributed by atoms with Gasteiger partial charge in [-0.15, -0.1) is 0 Å². The maximum atomic E-state index is 5.41. The summed E-state index contributed by atoms with van der Waals surface area (Å²) in [5, 5.41) is 4.18. The minimum absolute atomic E-state index is 0.744. The molecule has 3 nitrogen and oxygen atoms in total. The summed E-state index contributed by atoms with van der Waals surface area (Å²) < 4.78 is 5.01. The molecular formula is C13H28N2OS. The van der Waals surface area contributed by atoms with Crippen LogP contribution >= 0.6 is 12.2 Å². The predicted molar refractivity (Wildman–Crippen MR) is 78.4 cm³/mol. The highest BCUT2D eigenvalue weighted by atomic mass is 32.1. The van der Waals surface area contributed by atoms with E-state index in [1.54, 1.807) is 7.11 Å². The lowest BCUT2D eigenvalue weighted by Crippen LogP contribution is -2.42. The monoisotopic (exact) mass is 260 g/mol. The fourth-order valence-electron chi connectivity index (χ4n) is 1.74. The third-order valence-electron chi connectivity index (χ3n) is 3.10. The van der Waals surface area contributed by atoms with Gasteiger partial charge >= 0.3 is 0 Å². The van der Waals surface area contributed by atoms with Gasteiger partial charge in [-0.2, -0.15) is 0 Å². The molecular weight excluding hydrogens is 232 g/mol. The van der Waals surface area contributed by atoms with Crippen LogP contribution in [0.25, 0.3) is 0 Å². The average Bonchev–Trinajstić information content (AvgIpc) is 2.36. The molecule has 0 aromatic rings. The Morgan fingerprint density at radius 3 is 2.41 bits per heavy atom. The highest BCUT2D eigenvalue weighted by molar-refractivity contribution is 7.80. The summed E-state index contributed by atoms with van der Waals surface area (Å²) in [6, 6.07) is 0. The number of ether oxygens (including phenoxy) is 1. The number of thiocarbonyl (C=S) groups is 1. The molecule has 0 atom stereocenters. The van der Waals surface area contributed by atoms with Crippen LogP contribution in [0.4, 0.5) is 0 Å². The number of nitrogens with one attached hydrogen (secondary N) is 1. The van der Waals surface area contributed by atoms with Crippen molar-refractivity contribution >= 4 is 17.3 Å². The van der Waals surface area contributed by atoms with Crippen molar-refractivity contribution in [3.8, 4) is 0 Å². The highest BCUT2D eigenvalue weighted by Gasteiger charge is 2.12. The molecule has 1 N–H and O–H groups in total. The molecule has 0 amide bonds. The molecule has 0 rings (SSSR count). The summed E-state index contributed by atoms with van der Waals surface area (Å²) in [6.07, 6.45) is 3.44. The summed E-state index contributed by atoms with van der Waals surface area (Å²) >= 11 is 5.41. The normalized spacial score (nSPS) is 10.6. The molecule has 0 heterocycles. The number of nitrogens with zero attached hydrogens (tertiary/aromatic N) is 1. The lowest BCUT2D eigenvalue weighted by molar-refractivity contribution is 0.195. The second-order valence-corrected chi connectivity index (χ2v) is 4.69. The van der Waals surface area contributed by atoms with Crippen molar-refractivity contribution < 1.29 is 4.74 Å². The van der Waals surface area contributed by atoms with E-state index in [1.807, 2.05) is 0 Å². The van der Waals surface area contributed by atoms with Gasteiger partial charge in [0.2, 0.25) is 0 Å². The van der Waals surface area contributed by atoms with Crippen molar-refractivity contribution in [1.82, 2.24) is 10.2 Å². The third-order valence-corrected chi connectivity index (χ3v) is 3.51. The molecule has 0 aliphatic rings. The smallest absolute Gasteiger partial charge is 0.168 e. The highest BCUT2D eigenvalue weighted by Crippen LogP contribution is 2.09. The molecule has 0 spiro atoms. The van der Waals surface area contributed by atoms with E-state index in [1.165, 1.54) is 12.8 Å². The number of hydrogen-bond acceptors (Lipinski definition) is 2. The van der Waals surface area contributed by atoms with Crippen molar-refractivity contribution in [2.24, 2.45) is 5.92 Å². The van der Waals surface area contributed by atoms with Gasteiger partial charge in [0.15, 0.2) is 5.11 Å². The second kappa shape index (κ2) is 10.8. The number of methoxy groups -OCH3 is 1. The van der Waals surface area contributed by atoms with Gasteiger partial charge in [-0.3, -0.25) is 0 Å². The fraction of sp³-hybridized carbons (Fsp3) is 0.923. The molecule has 0 saturated heterocycles. The van der Waals surface area contributed by atoms with Gasteiger partial charge in [0.25, 0.3) is 0 Å². The van der Waals surface area contributed by atoms with Crippen LogP contribution in [-0.2, 0) is 4.74 Å². The topological polar surface area (TPSA) is 24.5 Å². The predicted octanol–water partition coefficient (Wildman–Crippen LogP) is 2.66. The maximum Gasteiger partial charge on any atom is 0.168 e. The van der Waals surface area contributed by atoms with E-state index in [0.717, 1.165) is 43.7 Å². The van der Waals surface area contributed by atoms with E-state index >= 15 is 0 Å². The molecule has 0 saturated carbocycles. The summed E-state index contributed by atoms with van der Waals surface area (Å²) in [4.78, 5) is 2.26. The van der Waals surface area contributed by atoms with Crippen LogP contribution < -0.4 is 5.32 Å². The first-order valence-corrected chi connectivity index (χ1v) is 7.11. The summed E-state index contributed by atoms with van der Waals surface area (Å²) in [5.41, 5.74) is 0. The van der Waals surface area contributed by atoms with Gasteiger partial charge < -0.3 is 15.0 Å². The Morgan fingerprint density at radius 2 is 1.94 bits per heavy atom. The number of hydrogen-bond donors (Lipinski definition) is 1. The van der Waals surface area contributed by atoms with E-state index in [4.69, 9.17) is 17.0 Å². The Kier molecular flexibility index (Phi) is 10.6. The Labute approximate surface area is 112 Å². The first-order valence-electron chi connectivity index (χ1n) is 6.71. The zero-order valence-electron chi connectivity index (χ0n) is 11.8. The van der Waals surface area contributed by atoms with Crippen molar-refractivity contribution in [2.45, 2.75) is 40.0 Å². The van der Waals surface area contributed by atoms with Crippen molar-refractivity contribution in [3.63, 3.8) is 0 Å². The van der Waals surface area contributed by atoms with Crippen LogP contribution in [0.15, 0.2) is 0 Å². The first-order chi connectivity index (χ1) is 8.19. The Morgan fingerprint density at radius 1 is 1.29 bits per heavy atom. The Balaban J connectivity index is 3.94. The molecule has 0 radical (unpaired) electrons. The molecule has 102 valence electrons. The van der Waals surface area contributed by atoms with Crippen LogP contribution in [0.3, 0.4) is 0 Å². The lowest BCUT2D eigenvalue weighted by atomic mass is 10.0. The largest absolute Gasteiger partial charge is 0.385 e. The summed E-state index contributed by atoms with van der Waals surface area (Å²) in [6.45, 7) is 10.4. The zero-order valence-corrected chi connectivity index (χ0v) is 12.6. The molecule has 0 unspecified atom stereocenters. The molecule has 0 aliphatic heterocycles. The number of rotatable bonds is 9. The van der Waals surface area contributed by atoms with Gasteiger partial charge in [-0.25, -0.2) is 0 Å².